The summed E-state index contributed by atoms with van der Waals surface area (Å²) in [5.41, 5.74) is 5.10. The molecule has 2 aromatic carbocycles. The molecule has 0 spiro atoms. The first-order valence-corrected chi connectivity index (χ1v) is 9.43. The van der Waals surface area contributed by atoms with Gasteiger partial charge >= 0.3 is 0 Å². The van der Waals surface area contributed by atoms with Crippen molar-refractivity contribution in [3.8, 4) is 11.4 Å². The number of nitrogens with one attached hydrogen (secondary N) is 1. The summed E-state index contributed by atoms with van der Waals surface area (Å²) < 4.78 is 5.34. The van der Waals surface area contributed by atoms with Gasteiger partial charge in [0.05, 0.1) is 42.3 Å². The molecule has 1 atom stereocenters. The van der Waals surface area contributed by atoms with Crippen LogP contribution in [-0.4, -0.2) is 38.6 Å². The maximum absolute atomic E-state index is 5.34. The van der Waals surface area contributed by atoms with Gasteiger partial charge in [-0.2, -0.15) is 10.2 Å². The van der Waals surface area contributed by atoms with Crippen LogP contribution in [0.1, 0.15) is 30.3 Å². The van der Waals surface area contributed by atoms with Crippen molar-refractivity contribution < 1.29 is 4.74 Å². The van der Waals surface area contributed by atoms with Crippen molar-refractivity contribution in [2.24, 2.45) is 0 Å². The Bertz CT molecular complexity index is 1120. The van der Waals surface area contributed by atoms with Gasteiger partial charge in [-0.25, -0.2) is 4.98 Å². The van der Waals surface area contributed by atoms with Gasteiger partial charge in [0, 0.05) is 18.7 Å². The van der Waals surface area contributed by atoms with E-state index in [0.29, 0.717) is 0 Å². The number of ether oxygens (including phenoxy) is 1. The van der Waals surface area contributed by atoms with Crippen LogP contribution < -0.4 is 9.64 Å². The summed E-state index contributed by atoms with van der Waals surface area (Å²) in [4.78, 5) is 12.4. The van der Waals surface area contributed by atoms with Crippen molar-refractivity contribution in [2.75, 3.05) is 18.6 Å². The Kier molecular flexibility index (Phi) is 4.00. The van der Waals surface area contributed by atoms with Crippen LogP contribution in [0, 0.1) is 13.0 Å². The number of benzene rings is 2. The second kappa shape index (κ2) is 6.67. The molecule has 1 fully saturated rings. The third kappa shape index (κ3) is 2.70. The molecule has 141 valence electrons. The van der Waals surface area contributed by atoms with Gasteiger partial charge in [0.15, 0.2) is 0 Å². The molecule has 5 rings (SSSR count). The fourth-order valence-electron chi connectivity index (χ4n) is 4.04. The first kappa shape index (κ1) is 16.8. The molecule has 7 heteroatoms. The molecule has 0 saturated carbocycles. The molecule has 4 aromatic rings. The largest absolute Gasteiger partial charge is 0.497 e. The van der Waals surface area contributed by atoms with E-state index in [1.54, 1.807) is 24.3 Å². The Balaban J connectivity index is 1.59. The highest BCUT2D eigenvalue weighted by molar-refractivity contribution is 5.77. The van der Waals surface area contributed by atoms with Gasteiger partial charge in [-0.3, -0.25) is 0 Å². The first-order valence-electron chi connectivity index (χ1n) is 9.43. The van der Waals surface area contributed by atoms with Gasteiger partial charge in [0.2, 0.25) is 0 Å². The molecule has 1 radical (unpaired) electrons. The quantitative estimate of drug-likeness (QED) is 0.592. The summed E-state index contributed by atoms with van der Waals surface area (Å²) in [6.07, 6.45) is 5.52. The molecule has 0 aliphatic carbocycles. The minimum absolute atomic E-state index is 0.169. The number of hydrogen-bond donors (Lipinski definition) is 1. The van der Waals surface area contributed by atoms with Crippen LogP contribution in [0.3, 0.4) is 0 Å². The molecular formula is C21H21N6O. The zero-order valence-electron chi connectivity index (χ0n) is 15.9. The van der Waals surface area contributed by atoms with Crippen LogP contribution in [0.25, 0.3) is 16.7 Å². The number of anilines is 1. The molecule has 28 heavy (non-hydrogen) atoms. The van der Waals surface area contributed by atoms with Crippen molar-refractivity contribution in [3.05, 3.63) is 60.2 Å². The number of nitrogens with zero attached hydrogens (tertiary/aromatic N) is 5. The van der Waals surface area contributed by atoms with E-state index in [1.165, 1.54) is 5.56 Å². The molecule has 1 aliphatic heterocycles. The fourth-order valence-corrected chi connectivity index (χ4v) is 4.04. The third-order valence-electron chi connectivity index (χ3n) is 5.33. The molecule has 1 saturated heterocycles. The minimum atomic E-state index is 0.169. The Morgan fingerprint density at radius 3 is 2.89 bits per heavy atom. The maximum Gasteiger partial charge on any atom is 0.130 e. The number of aromatic amines is 1. The van der Waals surface area contributed by atoms with Gasteiger partial charge in [0.1, 0.15) is 17.3 Å². The average molecular weight is 373 g/mol. The van der Waals surface area contributed by atoms with E-state index >= 15 is 0 Å². The number of rotatable bonds is 4. The first-order chi connectivity index (χ1) is 13.7. The highest BCUT2D eigenvalue weighted by Gasteiger charge is 2.31. The van der Waals surface area contributed by atoms with Crippen LogP contribution in [0.5, 0.6) is 5.75 Å². The molecule has 0 unspecified atom stereocenters. The summed E-state index contributed by atoms with van der Waals surface area (Å²) in [6, 6.07) is 13.4. The van der Waals surface area contributed by atoms with E-state index in [-0.39, 0.29) is 6.04 Å². The lowest BCUT2D eigenvalue weighted by molar-refractivity contribution is 0.415. The summed E-state index contributed by atoms with van der Waals surface area (Å²) in [6.45, 7) is 3.08. The number of imidazole rings is 1. The maximum atomic E-state index is 5.34. The minimum Gasteiger partial charge on any atom is -0.497 e. The molecule has 7 nitrogen and oxygen atoms in total. The van der Waals surface area contributed by atoms with Crippen molar-refractivity contribution in [2.45, 2.75) is 25.8 Å². The standard InChI is InChI=1S/C21H21N6O/c1-14-5-3-6-18(27-22-10-11-23-27)20(14)26-12-4-7-19(26)21-24-16-9-8-15(28-2)13-17(16)25-21/h3,5,8-11,13,19H,4,7,12H2,1-2H3,(H,24,25)/t19-/m0/s1. The SMILES string of the molecule is COc1ccc2nc([C@@H]3CCCN3c3c(-n4nccn4)[c]ccc3C)[nH]c2c1. The van der Waals surface area contributed by atoms with E-state index < -0.39 is 0 Å². The topological polar surface area (TPSA) is 71.9 Å². The fraction of sp³-hybridized carbons (Fsp3) is 0.286. The monoisotopic (exact) mass is 373 g/mol. The predicted octanol–water partition coefficient (Wildman–Crippen LogP) is 3.60. The van der Waals surface area contributed by atoms with Gasteiger partial charge in [-0.1, -0.05) is 12.1 Å². The summed E-state index contributed by atoms with van der Waals surface area (Å²) >= 11 is 0. The van der Waals surface area contributed by atoms with Gasteiger partial charge in [-0.15, -0.1) is 4.80 Å². The summed E-state index contributed by atoms with van der Waals surface area (Å²) in [5, 5.41) is 8.64. The second-order valence-corrected chi connectivity index (χ2v) is 7.03. The van der Waals surface area contributed by atoms with Crippen LogP contribution in [0.4, 0.5) is 5.69 Å². The lowest BCUT2D eigenvalue weighted by Gasteiger charge is -2.28. The molecule has 1 N–H and O–H groups in total. The highest BCUT2D eigenvalue weighted by atomic mass is 16.5. The molecule has 0 amide bonds. The van der Waals surface area contributed by atoms with Crippen LogP contribution >= 0.6 is 0 Å². The zero-order chi connectivity index (χ0) is 19.1. The molecule has 0 bridgehead atoms. The van der Waals surface area contributed by atoms with E-state index in [2.05, 4.69) is 39.1 Å². The number of aromatic nitrogens is 5. The van der Waals surface area contributed by atoms with Crippen LogP contribution in [-0.2, 0) is 0 Å². The number of methoxy groups -OCH3 is 1. The normalized spacial score (nSPS) is 16.8. The van der Waals surface area contributed by atoms with Crippen molar-refractivity contribution in [1.29, 1.82) is 0 Å². The van der Waals surface area contributed by atoms with E-state index in [0.717, 1.165) is 53.4 Å². The third-order valence-corrected chi connectivity index (χ3v) is 5.33. The molecule has 1 aliphatic rings. The second-order valence-electron chi connectivity index (χ2n) is 7.03. The Labute approximate surface area is 163 Å². The van der Waals surface area contributed by atoms with Gasteiger partial charge in [-0.05, 0) is 37.5 Å². The Morgan fingerprint density at radius 1 is 1.21 bits per heavy atom. The van der Waals surface area contributed by atoms with E-state index in [9.17, 15) is 0 Å². The number of hydrogen-bond acceptors (Lipinski definition) is 5. The van der Waals surface area contributed by atoms with Crippen molar-refractivity contribution in [3.63, 3.8) is 0 Å². The van der Waals surface area contributed by atoms with E-state index in [1.807, 2.05) is 24.3 Å². The van der Waals surface area contributed by atoms with Gasteiger partial charge in [0.25, 0.3) is 0 Å². The van der Waals surface area contributed by atoms with Crippen LogP contribution in [0.15, 0.2) is 42.7 Å². The van der Waals surface area contributed by atoms with Gasteiger partial charge < -0.3 is 14.6 Å². The Hall–Kier alpha value is -3.35. The number of aryl methyl sites for hydroxylation is 1. The molecular weight excluding hydrogens is 352 g/mol. The number of H-pyrrole nitrogens is 1. The smallest absolute Gasteiger partial charge is 0.130 e. The number of fused-ring (bicyclic) bond motifs is 1. The van der Waals surface area contributed by atoms with Crippen LogP contribution in [0.2, 0.25) is 0 Å². The molecule has 3 heterocycles. The summed E-state index contributed by atoms with van der Waals surface area (Å²) in [7, 11) is 1.68. The predicted molar refractivity (Wildman–Crippen MR) is 107 cm³/mol. The van der Waals surface area contributed by atoms with E-state index in [4.69, 9.17) is 9.72 Å². The lowest BCUT2D eigenvalue weighted by Crippen LogP contribution is -2.26. The lowest BCUT2D eigenvalue weighted by atomic mass is 10.1. The highest BCUT2D eigenvalue weighted by Crippen LogP contribution is 2.40. The molecule has 2 aromatic heterocycles. The van der Waals surface area contributed by atoms with Crippen molar-refractivity contribution in [1.82, 2.24) is 25.0 Å². The van der Waals surface area contributed by atoms with Crippen molar-refractivity contribution >= 4 is 16.7 Å². The summed E-state index contributed by atoms with van der Waals surface area (Å²) in [5.74, 6) is 1.80. The Morgan fingerprint density at radius 2 is 2.07 bits per heavy atom. The average Bonchev–Trinajstić information content (AvgIpc) is 3.46. The zero-order valence-corrected chi connectivity index (χ0v) is 15.9.